The summed E-state index contributed by atoms with van der Waals surface area (Å²) in [5.41, 5.74) is 9.78. The van der Waals surface area contributed by atoms with Crippen LogP contribution < -0.4 is 16.1 Å². The number of hydrogen-bond donors (Lipinski definition) is 2. The van der Waals surface area contributed by atoms with Crippen LogP contribution in [0, 0.1) is 0 Å². The zero-order valence-corrected chi connectivity index (χ0v) is 17.1. The van der Waals surface area contributed by atoms with Crippen molar-refractivity contribution in [3.8, 4) is 11.3 Å². The Labute approximate surface area is 184 Å². The van der Waals surface area contributed by atoms with Crippen molar-refractivity contribution in [1.29, 1.82) is 0 Å². The van der Waals surface area contributed by atoms with Crippen LogP contribution in [0.5, 0.6) is 0 Å². The Morgan fingerprint density at radius 1 is 0.969 bits per heavy atom. The van der Waals surface area contributed by atoms with E-state index in [0.29, 0.717) is 11.4 Å². The summed E-state index contributed by atoms with van der Waals surface area (Å²) in [6, 6.07) is 21.7. The maximum absolute atomic E-state index is 12.8. The number of rotatable bonds is 5. The Kier molecular flexibility index (Phi) is 4.87. The van der Waals surface area contributed by atoms with Gasteiger partial charge in [0.25, 0.3) is 5.91 Å². The Bertz CT molecular complexity index is 1290. The molecule has 0 bridgehead atoms. The summed E-state index contributed by atoms with van der Waals surface area (Å²) in [6.45, 7) is 0. The van der Waals surface area contributed by atoms with Crippen LogP contribution in [0.1, 0.15) is 6.42 Å². The molecule has 0 saturated heterocycles. The number of carbonyl (C=O) groups excluding carboxylic acids is 2. The molecule has 0 unspecified atom stereocenters. The van der Waals surface area contributed by atoms with Gasteiger partial charge in [-0.2, -0.15) is 5.10 Å². The third kappa shape index (κ3) is 3.69. The third-order valence-corrected chi connectivity index (χ3v) is 5.32. The molecule has 0 spiro atoms. The predicted molar refractivity (Wildman–Crippen MR) is 123 cm³/mol. The molecular formula is C24H20N6O2. The van der Waals surface area contributed by atoms with Crippen LogP contribution in [0.4, 0.5) is 11.4 Å². The molecule has 0 radical (unpaired) electrons. The fourth-order valence-electron chi connectivity index (χ4n) is 3.69. The van der Waals surface area contributed by atoms with Crippen LogP contribution in [-0.2, 0) is 9.59 Å². The second-order valence-electron chi connectivity index (χ2n) is 7.47. The third-order valence-electron chi connectivity index (χ3n) is 5.32. The quantitative estimate of drug-likeness (QED) is 0.514. The number of carbonyl (C=O) groups is 2. The molecule has 2 aromatic heterocycles. The first-order valence-corrected chi connectivity index (χ1v) is 10.1. The van der Waals surface area contributed by atoms with Crippen molar-refractivity contribution in [2.24, 2.45) is 10.8 Å². The lowest BCUT2D eigenvalue weighted by atomic mass is 10.1. The Balaban J connectivity index is 1.33. The number of hydrazone groups is 1. The molecule has 0 aliphatic carbocycles. The minimum absolute atomic E-state index is 0.148. The molecule has 0 saturated carbocycles. The lowest BCUT2D eigenvalue weighted by molar-refractivity contribution is -0.119. The van der Waals surface area contributed by atoms with Gasteiger partial charge < -0.3 is 15.5 Å². The molecule has 2 amide bonds. The minimum atomic E-state index is -0.699. The number of imidazole rings is 1. The number of benzene rings is 2. The molecule has 32 heavy (non-hydrogen) atoms. The zero-order valence-electron chi connectivity index (χ0n) is 17.1. The summed E-state index contributed by atoms with van der Waals surface area (Å²) in [4.78, 5) is 29.3. The van der Waals surface area contributed by atoms with E-state index in [1.165, 1.54) is 5.01 Å². The lowest BCUT2D eigenvalue weighted by Gasteiger charge is -2.20. The van der Waals surface area contributed by atoms with Crippen molar-refractivity contribution in [2.45, 2.75) is 12.5 Å². The van der Waals surface area contributed by atoms with E-state index in [2.05, 4.69) is 15.4 Å². The van der Waals surface area contributed by atoms with Crippen LogP contribution in [0.2, 0.25) is 0 Å². The Morgan fingerprint density at radius 3 is 2.44 bits per heavy atom. The molecule has 1 atom stereocenters. The van der Waals surface area contributed by atoms with Crippen molar-refractivity contribution in [3.05, 3.63) is 85.2 Å². The zero-order chi connectivity index (χ0) is 22.1. The van der Waals surface area contributed by atoms with Crippen molar-refractivity contribution in [2.75, 3.05) is 10.3 Å². The van der Waals surface area contributed by atoms with Crippen LogP contribution >= 0.6 is 0 Å². The first-order valence-electron chi connectivity index (χ1n) is 10.1. The monoisotopic (exact) mass is 424 g/mol. The molecule has 0 fully saturated rings. The largest absolute Gasteiger partial charge is 0.368 e. The van der Waals surface area contributed by atoms with E-state index in [-0.39, 0.29) is 18.0 Å². The highest BCUT2D eigenvalue weighted by Crippen LogP contribution is 2.25. The van der Waals surface area contributed by atoms with E-state index in [0.717, 1.165) is 16.9 Å². The molecule has 3 N–H and O–H groups in total. The number of para-hydroxylation sites is 1. The molecule has 4 aromatic rings. The molecule has 3 heterocycles. The molecule has 2 aromatic carbocycles. The standard InChI is InChI=1S/C24H20N6O2/c25-23(31)21-14-19(28-30(21)18-6-2-1-3-7-18)24(32)26-17-11-9-16(10-12-17)20-15-29-13-5-4-8-22(29)27-20/h1-13,15,21H,14H2,(H2,25,31)(H,26,32)/t21-/m1/s1. The topological polar surface area (TPSA) is 105 Å². The Morgan fingerprint density at radius 2 is 1.72 bits per heavy atom. The van der Waals surface area contributed by atoms with E-state index in [9.17, 15) is 9.59 Å². The van der Waals surface area contributed by atoms with Gasteiger partial charge in [-0.25, -0.2) is 4.98 Å². The van der Waals surface area contributed by atoms with Gasteiger partial charge >= 0.3 is 0 Å². The SMILES string of the molecule is NC(=O)[C@H]1CC(C(=O)Nc2ccc(-c3cn4ccccc4n3)cc2)=NN1c1ccccc1. The number of fused-ring (bicyclic) bond motifs is 1. The van der Waals surface area contributed by atoms with Crippen LogP contribution in [-0.4, -0.2) is 33.0 Å². The van der Waals surface area contributed by atoms with Gasteiger partial charge in [-0.1, -0.05) is 36.4 Å². The number of nitrogens with two attached hydrogens (primary N) is 1. The second-order valence-corrected chi connectivity index (χ2v) is 7.47. The number of aromatic nitrogens is 2. The summed E-state index contributed by atoms with van der Waals surface area (Å²) in [7, 11) is 0. The maximum atomic E-state index is 12.8. The van der Waals surface area contributed by atoms with Gasteiger partial charge in [0.15, 0.2) is 0 Å². The number of nitrogens with zero attached hydrogens (tertiary/aromatic N) is 4. The molecule has 1 aliphatic heterocycles. The first kappa shape index (κ1) is 19.5. The van der Waals surface area contributed by atoms with Gasteiger partial charge in [0, 0.05) is 30.1 Å². The second kappa shape index (κ2) is 7.99. The van der Waals surface area contributed by atoms with E-state index in [4.69, 9.17) is 5.73 Å². The van der Waals surface area contributed by atoms with E-state index < -0.39 is 11.9 Å². The molecule has 8 heteroatoms. The summed E-state index contributed by atoms with van der Waals surface area (Å²) >= 11 is 0. The lowest BCUT2D eigenvalue weighted by Crippen LogP contribution is -2.39. The number of hydrogen-bond acceptors (Lipinski definition) is 5. The van der Waals surface area contributed by atoms with E-state index >= 15 is 0 Å². The van der Waals surface area contributed by atoms with Gasteiger partial charge in [-0.3, -0.25) is 14.6 Å². The number of amides is 2. The Hall–Kier alpha value is -4.46. The summed E-state index contributed by atoms with van der Waals surface area (Å²) in [6.07, 6.45) is 4.05. The first-order chi connectivity index (χ1) is 15.6. The number of primary amides is 1. The van der Waals surface area contributed by atoms with Crippen molar-refractivity contribution in [1.82, 2.24) is 9.38 Å². The number of nitrogens with one attached hydrogen (secondary N) is 1. The number of anilines is 2. The molecule has 5 rings (SSSR count). The van der Waals surface area contributed by atoms with Gasteiger partial charge in [0.1, 0.15) is 17.4 Å². The normalized spacial score (nSPS) is 15.6. The fourth-order valence-corrected chi connectivity index (χ4v) is 3.69. The minimum Gasteiger partial charge on any atom is -0.368 e. The summed E-state index contributed by atoms with van der Waals surface area (Å²) < 4.78 is 1.96. The van der Waals surface area contributed by atoms with Crippen molar-refractivity contribution >= 4 is 34.5 Å². The maximum Gasteiger partial charge on any atom is 0.271 e. The van der Waals surface area contributed by atoms with Gasteiger partial charge in [0.2, 0.25) is 5.91 Å². The van der Waals surface area contributed by atoms with Crippen molar-refractivity contribution < 1.29 is 9.59 Å². The van der Waals surface area contributed by atoms with Gasteiger partial charge in [0.05, 0.1) is 11.4 Å². The smallest absolute Gasteiger partial charge is 0.271 e. The predicted octanol–water partition coefficient (Wildman–Crippen LogP) is 3.06. The average molecular weight is 424 g/mol. The molecule has 1 aliphatic rings. The summed E-state index contributed by atoms with van der Waals surface area (Å²) in [5, 5.41) is 8.72. The van der Waals surface area contributed by atoms with Crippen LogP contribution in [0.15, 0.2) is 90.3 Å². The van der Waals surface area contributed by atoms with Crippen LogP contribution in [0.25, 0.3) is 16.9 Å². The highest BCUT2D eigenvalue weighted by molar-refractivity contribution is 6.44. The van der Waals surface area contributed by atoms with Crippen LogP contribution in [0.3, 0.4) is 0 Å². The molecule has 158 valence electrons. The van der Waals surface area contributed by atoms with E-state index in [1.54, 1.807) is 0 Å². The summed E-state index contributed by atoms with van der Waals surface area (Å²) in [5.74, 6) is -0.896. The highest BCUT2D eigenvalue weighted by Gasteiger charge is 2.34. The fraction of sp³-hybridized carbons (Fsp3) is 0.0833. The average Bonchev–Trinajstić information content (AvgIpc) is 3.45. The number of pyridine rings is 1. The van der Waals surface area contributed by atoms with Gasteiger partial charge in [-0.05, 0) is 36.4 Å². The van der Waals surface area contributed by atoms with E-state index in [1.807, 2.05) is 89.6 Å². The van der Waals surface area contributed by atoms with Crippen molar-refractivity contribution in [3.63, 3.8) is 0 Å². The van der Waals surface area contributed by atoms with Gasteiger partial charge in [-0.15, -0.1) is 0 Å². The molecule has 8 nitrogen and oxygen atoms in total. The highest BCUT2D eigenvalue weighted by atomic mass is 16.2. The molecular weight excluding hydrogens is 404 g/mol.